The van der Waals surface area contributed by atoms with Crippen LogP contribution in [-0.2, 0) is 33.7 Å². The van der Waals surface area contributed by atoms with E-state index in [4.69, 9.17) is 14.7 Å². The van der Waals surface area contributed by atoms with Crippen LogP contribution in [0.2, 0.25) is 0 Å². The molecule has 0 saturated carbocycles. The highest BCUT2D eigenvalue weighted by molar-refractivity contribution is 5.91. The fraction of sp³-hybridized carbons (Fsp3) is 0.467. The van der Waals surface area contributed by atoms with Gasteiger partial charge in [-0.05, 0) is 48.4 Å². The van der Waals surface area contributed by atoms with Gasteiger partial charge in [0.1, 0.15) is 17.7 Å². The number of nitrogens with zero attached hydrogens (tertiary/aromatic N) is 4. The fourth-order valence-electron chi connectivity index (χ4n) is 5.57. The lowest BCUT2D eigenvalue weighted by molar-refractivity contribution is -0.142. The van der Waals surface area contributed by atoms with Gasteiger partial charge in [0.15, 0.2) is 0 Å². The Morgan fingerprint density at radius 2 is 1.71 bits per heavy atom. The molecule has 38 heavy (non-hydrogen) atoms. The molecule has 2 aliphatic rings. The molecule has 1 aliphatic carbocycles. The molecule has 2 heterocycles. The van der Waals surface area contributed by atoms with E-state index >= 15 is 0 Å². The maximum absolute atomic E-state index is 13.3. The first-order chi connectivity index (χ1) is 18.4. The van der Waals surface area contributed by atoms with Crippen LogP contribution in [0.3, 0.4) is 0 Å². The number of hydrogen-bond acceptors (Lipinski definition) is 7. The lowest BCUT2D eigenvalue weighted by Gasteiger charge is -2.37. The number of anilines is 1. The first kappa shape index (κ1) is 26.1. The van der Waals surface area contributed by atoms with Crippen molar-refractivity contribution in [2.24, 2.45) is 11.8 Å². The molecule has 1 unspecified atom stereocenters. The number of aromatic nitrogens is 2. The van der Waals surface area contributed by atoms with Crippen molar-refractivity contribution < 1.29 is 14.3 Å². The molecule has 1 amide bonds. The minimum atomic E-state index is -0.507. The summed E-state index contributed by atoms with van der Waals surface area (Å²) >= 11 is 0. The van der Waals surface area contributed by atoms with Gasteiger partial charge in [-0.2, -0.15) is 0 Å². The number of fused-ring (bicyclic) bond motifs is 2. The largest absolute Gasteiger partial charge is 0.467 e. The Morgan fingerprint density at radius 3 is 2.45 bits per heavy atom. The maximum Gasteiger partial charge on any atom is 0.328 e. The number of amides is 1. The van der Waals surface area contributed by atoms with Gasteiger partial charge in [0, 0.05) is 37.5 Å². The Kier molecular flexibility index (Phi) is 7.88. The van der Waals surface area contributed by atoms with E-state index in [1.54, 1.807) is 0 Å². The molecule has 200 valence electrons. The number of esters is 1. The number of ether oxygens (including phenoxy) is 1. The summed E-state index contributed by atoms with van der Waals surface area (Å²) in [4.78, 5) is 39.7. The number of nitrogens with one attached hydrogen (secondary N) is 1. The summed E-state index contributed by atoms with van der Waals surface area (Å²) in [5.74, 6) is 1.42. The van der Waals surface area contributed by atoms with Gasteiger partial charge in [0.2, 0.25) is 5.91 Å². The number of carbonyl (C=O) groups is 2. The highest BCUT2D eigenvalue weighted by Gasteiger charge is 2.30. The predicted octanol–water partition coefficient (Wildman–Crippen LogP) is 3.69. The van der Waals surface area contributed by atoms with Crippen LogP contribution in [0.1, 0.15) is 37.2 Å². The number of benzene rings is 2. The minimum absolute atomic E-state index is 0.0304. The lowest BCUT2D eigenvalue weighted by atomic mass is 9.83. The maximum atomic E-state index is 13.3. The highest BCUT2D eigenvalue weighted by Crippen LogP contribution is 2.27. The van der Waals surface area contributed by atoms with Crippen molar-refractivity contribution in [3.63, 3.8) is 0 Å². The Bertz CT molecular complexity index is 1300. The molecule has 0 spiro atoms. The van der Waals surface area contributed by atoms with Crippen LogP contribution >= 0.6 is 0 Å². The predicted molar refractivity (Wildman–Crippen MR) is 148 cm³/mol. The molecule has 0 bridgehead atoms. The van der Waals surface area contributed by atoms with Crippen LogP contribution in [0.15, 0.2) is 48.5 Å². The van der Waals surface area contributed by atoms with Crippen LogP contribution in [0.4, 0.5) is 5.82 Å². The number of methoxy groups -OCH3 is 1. The van der Waals surface area contributed by atoms with E-state index < -0.39 is 6.04 Å². The van der Waals surface area contributed by atoms with E-state index in [2.05, 4.69) is 34.5 Å². The van der Waals surface area contributed by atoms with Crippen LogP contribution < -0.4 is 5.32 Å². The second-order valence-corrected chi connectivity index (χ2v) is 10.7. The third-order valence-electron chi connectivity index (χ3n) is 7.81. The van der Waals surface area contributed by atoms with Gasteiger partial charge in [-0.3, -0.25) is 9.69 Å². The molecular weight excluding hydrogens is 478 g/mol. The van der Waals surface area contributed by atoms with Crippen molar-refractivity contribution in [3.05, 3.63) is 65.5 Å². The summed E-state index contributed by atoms with van der Waals surface area (Å²) in [6.07, 6.45) is 2.76. The second-order valence-electron chi connectivity index (χ2n) is 10.7. The number of rotatable bonds is 7. The zero-order valence-electron chi connectivity index (χ0n) is 22.5. The van der Waals surface area contributed by atoms with E-state index in [1.165, 1.54) is 18.2 Å². The summed E-state index contributed by atoms with van der Waals surface area (Å²) in [7, 11) is 1.40. The number of piperazine rings is 1. The first-order valence-corrected chi connectivity index (χ1v) is 13.6. The number of carbonyl (C=O) groups excluding carboxylic acids is 2. The van der Waals surface area contributed by atoms with Crippen LogP contribution in [0.5, 0.6) is 0 Å². The van der Waals surface area contributed by atoms with Gasteiger partial charge in [0.05, 0.1) is 19.2 Å². The summed E-state index contributed by atoms with van der Waals surface area (Å²) in [5.41, 5.74) is 3.54. The average Bonchev–Trinajstić information content (AvgIpc) is 2.95. The van der Waals surface area contributed by atoms with E-state index in [9.17, 15) is 9.59 Å². The first-order valence-electron chi connectivity index (χ1n) is 13.6. The molecule has 1 aromatic heterocycles. The van der Waals surface area contributed by atoms with E-state index in [0.29, 0.717) is 31.3 Å². The topological polar surface area (TPSA) is 87.7 Å². The standard InChI is InChI=1S/C30H37N5O3/c1-20(2)27(30(37)38-3)33-28-24-10-6-7-11-25(24)31-26(32-28)19-34-14-16-35(17-15-34)29(36)23-13-12-21-8-4-5-9-22(21)18-23/h4-11,20,23,27H,12-19H2,1-3H3,(H,31,32,33)/t23?,27-/m0/s1. The summed E-state index contributed by atoms with van der Waals surface area (Å²) in [5, 5.41) is 4.19. The Balaban J connectivity index is 1.24. The van der Waals surface area contributed by atoms with Gasteiger partial charge >= 0.3 is 5.97 Å². The fourth-order valence-corrected chi connectivity index (χ4v) is 5.57. The molecule has 1 aliphatic heterocycles. The van der Waals surface area contributed by atoms with Crippen LogP contribution in [0, 0.1) is 11.8 Å². The Hall–Kier alpha value is -3.52. The number of hydrogen-bond donors (Lipinski definition) is 1. The highest BCUT2D eigenvalue weighted by atomic mass is 16.5. The van der Waals surface area contributed by atoms with Crippen molar-refractivity contribution >= 4 is 28.6 Å². The van der Waals surface area contributed by atoms with Crippen molar-refractivity contribution in [1.82, 2.24) is 19.8 Å². The van der Waals surface area contributed by atoms with Crippen molar-refractivity contribution in [1.29, 1.82) is 0 Å². The molecule has 3 aromatic rings. The molecule has 5 rings (SSSR count). The van der Waals surface area contributed by atoms with Crippen molar-refractivity contribution in [2.45, 2.75) is 45.7 Å². The van der Waals surface area contributed by atoms with E-state index in [-0.39, 0.29) is 23.7 Å². The zero-order valence-corrected chi connectivity index (χ0v) is 22.5. The third kappa shape index (κ3) is 5.65. The second kappa shape index (κ2) is 11.5. The Morgan fingerprint density at radius 1 is 1.00 bits per heavy atom. The molecule has 1 saturated heterocycles. The molecule has 8 heteroatoms. The Labute approximate surface area is 224 Å². The molecule has 1 fully saturated rings. The van der Waals surface area contributed by atoms with Crippen LogP contribution in [0.25, 0.3) is 10.9 Å². The summed E-state index contributed by atoms with van der Waals surface area (Å²) < 4.78 is 5.01. The summed E-state index contributed by atoms with van der Waals surface area (Å²) in [6, 6.07) is 15.8. The SMILES string of the molecule is COC(=O)[C@@H](Nc1nc(CN2CCN(C(=O)C3CCc4ccccc4C3)CC2)nc2ccccc12)C(C)C. The quantitative estimate of drug-likeness (QED) is 0.480. The molecule has 2 aromatic carbocycles. The monoisotopic (exact) mass is 515 g/mol. The van der Waals surface area contributed by atoms with E-state index in [0.717, 1.165) is 43.3 Å². The smallest absolute Gasteiger partial charge is 0.328 e. The van der Waals surface area contributed by atoms with Gasteiger partial charge in [0.25, 0.3) is 0 Å². The van der Waals surface area contributed by atoms with Gasteiger partial charge in [-0.1, -0.05) is 50.2 Å². The summed E-state index contributed by atoms with van der Waals surface area (Å²) in [6.45, 7) is 7.54. The van der Waals surface area contributed by atoms with Crippen molar-refractivity contribution in [2.75, 3.05) is 38.6 Å². The van der Waals surface area contributed by atoms with Gasteiger partial charge in [-0.25, -0.2) is 14.8 Å². The molecule has 8 nitrogen and oxygen atoms in total. The van der Waals surface area contributed by atoms with Gasteiger partial charge < -0.3 is 15.0 Å². The number of para-hydroxylation sites is 1. The number of aryl methyl sites for hydroxylation is 1. The lowest BCUT2D eigenvalue weighted by Crippen LogP contribution is -2.50. The minimum Gasteiger partial charge on any atom is -0.467 e. The van der Waals surface area contributed by atoms with Crippen LogP contribution in [-0.4, -0.2) is 71.0 Å². The average molecular weight is 516 g/mol. The normalized spacial score (nSPS) is 18.7. The van der Waals surface area contributed by atoms with Crippen molar-refractivity contribution in [3.8, 4) is 0 Å². The molecule has 1 N–H and O–H groups in total. The molecule has 2 atom stereocenters. The molecule has 0 radical (unpaired) electrons. The third-order valence-corrected chi connectivity index (χ3v) is 7.81. The zero-order chi connectivity index (χ0) is 26.6. The molecular formula is C30H37N5O3. The van der Waals surface area contributed by atoms with E-state index in [1.807, 2.05) is 43.0 Å². The van der Waals surface area contributed by atoms with Gasteiger partial charge in [-0.15, -0.1) is 0 Å².